The summed E-state index contributed by atoms with van der Waals surface area (Å²) in [5.41, 5.74) is 4.44. The van der Waals surface area contributed by atoms with Crippen molar-refractivity contribution in [1.82, 2.24) is 14.9 Å². The fourth-order valence-electron chi connectivity index (χ4n) is 3.52. The Morgan fingerprint density at radius 1 is 1.04 bits per heavy atom. The molecule has 0 aliphatic carbocycles. The zero-order valence-corrected chi connectivity index (χ0v) is 14.4. The molecule has 1 aromatic heterocycles. The Hall–Kier alpha value is -2.75. The van der Waals surface area contributed by atoms with Crippen molar-refractivity contribution in [2.24, 2.45) is 0 Å². The summed E-state index contributed by atoms with van der Waals surface area (Å²) in [5, 5.41) is 0. The number of benzene rings is 2. The van der Waals surface area contributed by atoms with Crippen LogP contribution in [0.15, 0.2) is 54.7 Å². The number of aryl methyl sites for hydroxylation is 1. The molecule has 2 aromatic carbocycles. The first-order chi connectivity index (χ1) is 12.2. The Morgan fingerprint density at radius 2 is 1.80 bits per heavy atom. The predicted octanol–water partition coefficient (Wildman–Crippen LogP) is 4.31. The van der Waals surface area contributed by atoms with Crippen LogP contribution in [0.1, 0.15) is 46.9 Å². The zero-order chi connectivity index (χ0) is 17.2. The minimum absolute atomic E-state index is 0.0245. The Bertz CT molecular complexity index is 904. The largest absolute Gasteiger partial charge is 0.330 e. The SMILES string of the molecule is Cc1ccc(C2CCCCN2C(=O)c2cnc3ccccc3n2)cc1. The lowest BCUT2D eigenvalue weighted by atomic mass is 9.94. The standard InChI is InChI=1S/C21H21N3O/c1-15-9-11-16(12-10-15)20-8-4-5-13-24(20)21(25)19-14-22-17-6-2-3-7-18(17)23-19/h2-3,6-7,9-12,14,20H,4-5,8,13H2,1H3. The van der Waals surface area contributed by atoms with Crippen molar-refractivity contribution in [3.8, 4) is 0 Å². The summed E-state index contributed by atoms with van der Waals surface area (Å²) in [7, 11) is 0. The lowest BCUT2D eigenvalue weighted by molar-refractivity contribution is 0.0605. The van der Waals surface area contributed by atoms with E-state index in [1.54, 1.807) is 6.20 Å². The van der Waals surface area contributed by atoms with Crippen LogP contribution in [0.2, 0.25) is 0 Å². The number of rotatable bonds is 2. The van der Waals surface area contributed by atoms with E-state index in [0.29, 0.717) is 5.69 Å². The topological polar surface area (TPSA) is 46.1 Å². The maximum Gasteiger partial charge on any atom is 0.274 e. The smallest absolute Gasteiger partial charge is 0.274 e. The third kappa shape index (κ3) is 3.12. The number of hydrogen-bond acceptors (Lipinski definition) is 3. The number of likely N-dealkylation sites (tertiary alicyclic amines) is 1. The molecule has 25 heavy (non-hydrogen) atoms. The van der Waals surface area contributed by atoms with Gasteiger partial charge < -0.3 is 4.90 Å². The van der Waals surface area contributed by atoms with Gasteiger partial charge in [-0.1, -0.05) is 42.0 Å². The first-order valence-electron chi connectivity index (χ1n) is 8.82. The van der Waals surface area contributed by atoms with Crippen LogP contribution in [0, 0.1) is 6.92 Å². The number of amides is 1. The Labute approximate surface area is 147 Å². The van der Waals surface area contributed by atoms with Gasteiger partial charge in [-0.2, -0.15) is 0 Å². The normalized spacial score (nSPS) is 17.6. The van der Waals surface area contributed by atoms with Crippen LogP contribution in [0.5, 0.6) is 0 Å². The van der Waals surface area contributed by atoms with Gasteiger partial charge >= 0.3 is 0 Å². The van der Waals surface area contributed by atoms with Crippen molar-refractivity contribution < 1.29 is 4.79 Å². The Kier molecular flexibility index (Phi) is 4.18. The summed E-state index contributed by atoms with van der Waals surface area (Å²) in [6, 6.07) is 16.3. The molecule has 2 heterocycles. The quantitative estimate of drug-likeness (QED) is 0.703. The number of nitrogens with zero attached hydrogens (tertiary/aromatic N) is 3. The molecule has 1 unspecified atom stereocenters. The fourth-order valence-corrected chi connectivity index (χ4v) is 3.52. The van der Waals surface area contributed by atoms with E-state index in [1.807, 2.05) is 29.2 Å². The maximum absolute atomic E-state index is 13.1. The molecule has 1 fully saturated rings. The van der Waals surface area contributed by atoms with Gasteiger partial charge in [0.25, 0.3) is 5.91 Å². The number of aromatic nitrogens is 2. The molecule has 4 nitrogen and oxygen atoms in total. The average molecular weight is 331 g/mol. The lowest BCUT2D eigenvalue weighted by Crippen LogP contribution is -2.39. The van der Waals surface area contributed by atoms with Gasteiger partial charge in [0.1, 0.15) is 5.69 Å². The molecule has 1 atom stereocenters. The molecular weight excluding hydrogens is 310 g/mol. The summed E-state index contributed by atoms with van der Waals surface area (Å²) in [6.07, 6.45) is 4.78. The number of piperidine rings is 1. The summed E-state index contributed by atoms with van der Waals surface area (Å²) in [5.74, 6) is -0.0245. The Balaban J connectivity index is 1.66. The van der Waals surface area contributed by atoms with E-state index in [1.165, 1.54) is 11.1 Å². The second-order valence-electron chi connectivity index (χ2n) is 6.66. The molecule has 126 valence electrons. The van der Waals surface area contributed by atoms with Crippen molar-refractivity contribution >= 4 is 16.9 Å². The predicted molar refractivity (Wildman–Crippen MR) is 98.3 cm³/mol. The second-order valence-corrected chi connectivity index (χ2v) is 6.66. The molecule has 1 amide bonds. The van der Waals surface area contributed by atoms with E-state index in [-0.39, 0.29) is 11.9 Å². The van der Waals surface area contributed by atoms with Crippen molar-refractivity contribution in [3.05, 3.63) is 71.5 Å². The van der Waals surface area contributed by atoms with Crippen molar-refractivity contribution in [1.29, 1.82) is 0 Å². The zero-order valence-electron chi connectivity index (χ0n) is 14.4. The van der Waals surface area contributed by atoms with Crippen molar-refractivity contribution in [2.45, 2.75) is 32.2 Å². The highest BCUT2D eigenvalue weighted by molar-refractivity contribution is 5.94. The molecular formula is C21H21N3O. The lowest BCUT2D eigenvalue weighted by Gasteiger charge is -2.36. The fraction of sp³-hybridized carbons (Fsp3) is 0.286. The first-order valence-corrected chi connectivity index (χ1v) is 8.82. The maximum atomic E-state index is 13.1. The van der Waals surface area contributed by atoms with Gasteiger partial charge in [0, 0.05) is 6.54 Å². The van der Waals surface area contributed by atoms with Gasteiger partial charge in [0.15, 0.2) is 0 Å². The van der Waals surface area contributed by atoms with E-state index < -0.39 is 0 Å². The first kappa shape index (κ1) is 15.8. The van der Waals surface area contributed by atoms with Gasteiger partial charge in [-0.25, -0.2) is 4.98 Å². The number of fused-ring (bicyclic) bond motifs is 1. The van der Waals surface area contributed by atoms with E-state index in [0.717, 1.165) is 36.8 Å². The monoisotopic (exact) mass is 331 g/mol. The summed E-state index contributed by atoms with van der Waals surface area (Å²) in [6.45, 7) is 2.85. The molecule has 1 saturated heterocycles. The third-order valence-corrected chi connectivity index (χ3v) is 4.89. The van der Waals surface area contributed by atoms with Crippen molar-refractivity contribution in [3.63, 3.8) is 0 Å². The van der Waals surface area contributed by atoms with E-state index >= 15 is 0 Å². The Morgan fingerprint density at radius 3 is 2.60 bits per heavy atom. The van der Waals surface area contributed by atoms with Crippen LogP contribution in [0.4, 0.5) is 0 Å². The van der Waals surface area contributed by atoms with Crippen LogP contribution in [-0.2, 0) is 0 Å². The number of para-hydroxylation sites is 2. The molecule has 1 aliphatic heterocycles. The van der Waals surface area contributed by atoms with Crippen LogP contribution < -0.4 is 0 Å². The van der Waals surface area contributed by atoms with Gasteiger partial charge in [-0.05, 0) is 43.9 Å². The average Bonchev–Trinajstić information content (AvgIpc) is 2.68. The van der Waals surface area contributed by atoms with Crippen LogP contribution in [-0.4, -0.2) is 27.3 Å². The molecule has 4 heteroatoms. The highest BCUT2D eigenvalue weighted by Crippen LogP contribution is 2.32. The highest BCUT2D eigenvalue weighted by Gasteiger charge is 2.29. The summed E-state index contributed by atoms with van der Waals surface area (Å²) < 4.78 is 0. The van der Waals surface area contributed by atoms with E-state index in [2.05, 4.69) is 41.2 Å². The molecule has 0 N–H and O–H groups in total. The molecule has 0 spiro atoms. The van der Waals surface area contributed by atoms with Crippen molar-refractivity contribution in [2.75, 3.05) is 6.54 Å². The molecule has 4 rings (SSSR count). The summed E-state index contributed by atoms with van der Waals surface area (Å²) in [4.78, 5) is 24.0. The number of hydrogen-bond donors (Lipinski definition) is 0. The van der Waals surface area contributed by atoms with Crippen LogP contribution in [0.25, 0.3) is 11.0 Å². The number of carbonyl (C=O) groups excluding carboxylic acids is 1. The highest BCUT2D eigenvalue weighted by atomic mass is 16.2. The van der Waals surface area contributed by atoms with Gasteiger partial charge in [-0.15, -0.1) is 0 Å². The van der Waals surface area contributed by atoms with E-state index in [4.69, 9.17) is 0 Å². The molecule has 0 saturated carbocycles. The molecule has 3 aromatic rings. The van der Waals surface area contributed by atoms with Gasteiger partial charge in [-0.3, -0.25) is 9.78 Å². The third-order valence-electron chi connectivity index (χ3n) is 4.89. The number of carbonyl (C=O) groups is 1. The summed E-state index contributed by atoms with van der Waals surface area (Å²) >= 11 is 0. The van der Waals surface area contributed by atoms with Crippen LogP contribution >= 0.6 is 0 Å². The van der Waals surface area contributed by atoms with Crippen LogP contribution in [0.3, 0.4) is 0 Å². The molecule has 1 aliphatic rings. The molecule has 0 bridgehead atoms. The van der Waals surface area contributed by atoms with E-state index in [9.17, 15) is 4.79 Å². The minimum atomic E-state index is -0.0245. The minimum Gasteiger partial charge on any atom is -0.330 e. The van der Waals surface area contributed by atoms with Gasteiger partial charge in [0.2, 0.25) is 0 Å². The molecule has 0 radical (unpaired) electrons. The van der Waals surface area contributed by atoms with Gasteiger partial charge in [0.05, 0.1) is 23.3 Å². The second kappa shape index (κ2) is 6.63.